The molecule has 2 saturated heterocycles. The molecule has 1 saturated carbocycles. The van der Waals surface area contributed by atoms with Crippen molar-refractivity contribution in [3.05, 3.63) is 35.6 Å². The highest BCUT2D eigenvalue weighted by atomic mass is 19.1. The number of hydrogen-bond acceptors (Lipinski definition) is 3. The third-order valence-electron chi connectivity index (χ3n) is 6.10. The van der Waals surface area contributed by atoms with E-state index in [-0.39, 0.29) is 17.1 Å². The maximum absolute atomic E-state index is 13.2. The van der Waals surface area contributed by atoms with Gasteiger partial charge in [0, 0.05) is 32.2 Å². The zero-order valence-corrected chi connectivity index (χ0v) is 14.9. The molecule has 4 rings (SSSR count). The molecule has 1 atom stereocenters. The van der Waals surface area contributed by atoms with Crippen LogP contribution in [0.15, 0.2) is 24.3 Å². The van der Waals surface area contributed by atoms with Gasteiger partial charge in [-0.05, 0) is 50.3 Å². The van der Waals surface area contributed by atoms with Crippen LogP contribution in [0.2, 0.25) is 0 Å². The first-order valence-electron chi connectivity index (χ1n) is 9.49. The Balaban J connectivity index is 1.37. The predicted molar refractivity (Wildman–Crippen MR) is 93.9 cm³/mol. The van der Waals surface area contributed by atoms with Gasteiger partial charge in [0.1, 0.15) is 5.82 Å². The van der Waals surface area contributed by atoms with Gasteiger partial charge in [-0.25, -0.2) is 4.39 Å². The van der Waals surface area contributed by atoms with Crippen LogP contribution >= 0.6 is 0 Å². The Kier molecular flexibility index (Phi) is 4.54. The minimum absolute atomic E-state index is 0.243. The van der Waals surface area contributed by atoms with Gasteiger partial charge in [0.05, 0.1) is 18.1 Å². The van der Waals surface area contributed by atoms with Crippen molar-refractivity contribution in [3.8, 4) is 0 Å². The second-order valence-corrected chi connectivity index (χ2v) is 7.79. The summed E-state index contributed by atoms with van der Waals surface area (Å²) in [5.41, 5.74) is 0.594. The molecular weight excluding hydrogens is 319 g/mol. The Morgan fingerprint density at radius 3 is 2.44 bits per heavy atom. The van der Waals surface area contributed by atoms with E-state index in [2.05, 4.69) is 11.8 Å². The van der Waals surface area contributed by atoms with Gasteiger partial charge in [0.25, 0.3) is 0 Å². The number of carbonyl (C=O) groups is 1. The Morgan fingerprint density at radius 1 is 1.16 bits per heavy atom. The van der Waals surface area contributed by atoms with Gasteiger partial charge in [-0.15, -0.1) is 0 Å². The molecule has 1 aromatic rings. The van der Waals surface area contributed by atoms with Crippen LogP contribution < -0.4 is 0 Å². The number of hydrogen-bond donors (Lipinski definition) is 0. The number of likely N-dealkylation sites (tertiary alicyclic amines) is 1. The summed E-state index contributed by atoms with van der Waals surface area (Å²) in [6.45, 7) is 6.61. The highest BCUT2D eigenvalue weighted by molar-refractivity contribution is 5.91. The average Bonchev–Trinajstić information content (AvgIpc) is 3.44. The van der Waals surface area contributed by atoms with Crippen LogP contribution in [0.25, 0.3) is 0 Å². The average molecular weight is 346 g/mol. The fourth-order valence-corrected chi connectivity index (χ4v) is 4.43. The maximum atomic E-state index is 13.2. The van der Waals surface area contributed by atoms with E-state index in [1.165, 1.54) is 12.1 Å². The molecule has 1 amide bonds. The van der Waals surface area contributed by atoms with Crippen molar-refractivity contribution in [3.63, 3.8) is 0 Å². The third-order valence-corrected chi connectivity index (χ3v) is 6.10. The van der Waals surface area contributed by atoms with Crippen LogP contribution in [0.5, 0.6) is 0 Å². The molecule has 3 aliphatic rings. The molecule has 1 aliphatic carbocycles. The highest BCUT2D eigenvalue weighted by Gasteiger charge is 2.53. The second-order valence-electron chi connectivity index (χ2n) is 7.79. The van der Waals surface area contributed by atoms with Crippen molar-refractivity contribution < 1.29 is 13.9 Å². The maximum Gasteiger partial charge on any atom is 0.233 e. The van der Waals surface area contributed by atoms with E-state index < -0.39 is 0 Å². The van der Waals surface area contributed by atoms with Crippen LogP contribution in [0.3, 0.4) is 0 Å². The van der Waals surface area contributed by atoms with E-state index in [9.17, 15) is 9.18 Å². The summed E-state index contributed by atoms with van der Waals surface area (Å²) in [4.78, 5) is 17.7. The lowest BCUT2D eigenvalue weighted by Gasteiger charge is -2.42. The van der Waals surface area contributed by atoms with E-state index in [4.69, 9.17) is 4.74 Å². The smallest absolute Gasteiger partial charge is 0.233 e. The van der Waals surface area contributed by atoms with Gasteiger partial charge in [0.15, 0.2) is 0 Å². The van der Waals surface area contributed by atoms with Crippen molar-refractivity contribution in [2.45, 2.75) is 50.2 Å². The van der Waals surface area contributed by atoms with Crippen molar-refractivity contribution >= 4 is 5.91 Å². The molecule has 0 aromatic heterocycles. The molecule has 0 bridgehead atoms. The Bertz CT molecular complexity index is 621. The monoisotopic (exact) mass is 346 g/mol. The summed E-state index contributed by atoms with van der Waals surface area (Å²) in [6.07, 6.45) is 4.16. The molecule has 2 heterocycles. The molecule has 136 valence electrons. The molecule has 0 spiro atoms. The van der Waals surface area contributed by atoms with Gasteiger partial charge in [0.2, 0.25) is 5.91 Å². The first kappa shape index (κ1) is 17.0. The molecule has 1 unspecified atom stereocenters. The number of rotatable bonds is 3. The summed E-state index contributed by atoms with van der Waals surface area (Å²) in [5, 5.41) is 0. The van der Waals surface area contributed by atoms with Crippen LogP contribution in [0.4, 0.5) is 4.39 Å². The number of amides is 1. The Labute approximate surface area is 148 Å². The third kappa shape index (κ3) is 3.32. The van der Waals surface area contributed by atoms with Gasteiger partial charge in [-0.2, -0.15) is 0 Å². The van der Waals surface area contributed by atoms with E-state index >= 15 is 0 Å². The number of morpholine rings is 1. The molecule has 4 nitrogen and oxygen atoms in total. The minimum Gasteiger partial charge on any atom is -0.376 e. The quantitative estimate of drug-likeness (QED) is 0.843. The molecule has 3 fully saturated rings. The van der Waals surface area contributed by atoms with Gasteiger partial charge in [-0.1, -0.05) is 12.1 Å². The van der Waals surface area contributed by atoms with Crippen molar-refractivity contribution in [1.29, 1.82) is 0 Å². The number of carbonyl (C=O) groups excluding carboxylic acids is 1. The largest absolute Gasteiger partial charge is 0.376 e. The number of halogens is 1. The molecule has 25 heavy (non-hydrogen) atoms. The van der Waals surface area contributed by atoms with Crippen LogP contribution in [-0.2, 0) is 14.9 Å². The van der Waals surface area contributed by atoms with E-state index in [0.717, 1.165) is 64.0 Å². The molecule has 0 radical (unpaired) electrons. The lowest BCUT2D eigenvalue weighted by Crippen LogP contribution is -2.53. The summed E-state index contributed by atoms with van der Waals surface area (Å²) in [6, 6.07) is 7.06. The molecule has 1 aromatic carbocycles. The van der Waals surface area contributed by atoms with Gasteiger partial charge >= 0.3 is 0 Å². The first-order chi connectivity index (χ1) is 12.1. The zero-order chi connectivity index (χ0) is 17.4. The van der Waals surface area contributed by atoms with E-state index in [1.807, 2.05) is 4.90 Å². The fraction of sp³-hybridized carbons (Fsp3) is 0.650. The standard InChI is InChI=1S/C20H27FN2O2/c1-15-14-23(12-13-25-15)18-6-10-22(11-7-18)19(24)20(8-9-20)16-2-4-17(21)5-3-16/h2-5,15,18H,6-14H2,1H3. The number of nitrogens with zero attached hydrogens (tertiary/aromatic N) is 2. The van der Waals surface area contributed by atoms with Crippen LogP contribution in [0.1, 0.15) is 38.2 Å². The minimum atomic E-state index is -0.381. The molecular formula is C20H27FN2O2. The lowest BCUT2D eigenvalue weighted by atomic mass is 9.92. The topological polar surface area (TPSA) is 32.8 Å². The summed E-state index contributed by atoms with van der Waals surface area (Å²) < 4.78 is 18.8. The van der Waals surface area contributed by atoms with Crippen molar-refractivity contribution in [1.82, 2.24) is 9.80 Å². The van der Waals surface area contributed by atoms with E-state index in [0.29, 0.717) is 12.1 Å². The SMILES string of the molecule is CC1CN(C2CCN(C(=O)C3(c4ccc(F)cc4)CC3)CC2)CCO1. The zero-order valence-electron chi connectivity index (χ0n) is 14.9. The Hall–Kier alpha value is -1.46. The fourth-order valence-electron chi connectivity index (χ4n) is 4.43. The summed E-state index contributed by atoms with van der Waals surface area (Å²) in [7, 11) is 0. The highest BCUT2D eigenvalue weighted by Crippen LogP contribution is 2.50. The molecule has 2 aliphatic heterocycles. The summed E-state index contributed by atoms with van der Waals surface area (Å²) >= 11 is 0. The number of benzene rings is 1. The predicted octanol–water partition coefficient (Wildman–Crippen LogP) is 2.57. The first-order valence-corrected chi connectivity index (χ1v) is 9.49. The Morgan fingerprint density at radius 2 is 1.84 bits per heavy atom. The van der Waals surface area contributed by atoms with Crippen molar-refractivity contribution in [2.24, 2.45) is 0 Å². The number of piperidine rings is 1. The molecule has 5 heteroatoms. The van der Waals surface area contributed by atoms with Crippen LogP contribution in [-0.4, -0.2) is 60.6 Å². The number of ether oxygens (including phenoxy) is 1. The van der Waals surface area contributed by atoms with Gasteiger partial charge in [-0.3, -0.25) is 9.69 Å². The van der Waals surface area contributed by atoms with Crippen LogP contribution in [0, 0.1) is 5.82 Å². The van der Waals surface area contributed by atoms with E-state index in [1.54, 1.807) is 12.1 Å². The van der Waals surface area contributed by atoms with Gasteiger partial charge < -0.3 is 9.64 Å². The normalized spacial score (nSPS) is 27.3. The summed E-state index contributed by atoms with van der Waals surface area (Å²) in [5.74, 6) is 0.000423. The molecule has 0 N–H and O–H groups in total. The second kappa shape index (κ2) is 6.69. The van der Waals surface area contributed by atoms with Crippen molar-refractivity contribution in [2.75, 3.05) is 32.8 Å². The lowest BCUT2D eigenvalue weighted by molar-refractivity contribution is -0.136.